The van der Waals surface area contributed by atoms with E-state index in [-0.39, 0.29) is 0 Å². The van der Waals surface area contributed by atoms with Gasteiger partial charge in [0.1, 0.15) is 5.75 Å². The van der Waals surface area contributed by atoms with Crippen molar-refractivity contribution in [2.45, 2.75) is 0 Å². The summed E-state index contributed by atoms with van der Waals surface area (Å²) in [6.45, 7) is -0.390. The van der Waals surface area contributed by atoms with Crippen molar-refractivity contribution >= 4 is 38.6 Å². The van der Waals surface area contributed by atoms with Crippen LogP contribution in [-0.2, 0) is 9.53 Å². The molecule has 0 unspecified atom stereocenters. The van der Waals surface area contributed by atoms with E-state index in [1.165, 1.54) is 11.3 Å². The van der Waals surface area contributed by atoms with Crippen molar-refractivity contribution in [2.24, 2.45) is 0 Å². The van der Waals surface area contributed by atoms with Crippen LogP contribution < -0.4 is 10.1 Å². The number of methoxy groups -OCH3 is 1. The van der Waals surface area contributed by atoms with E-state index in [1.807, 2.05) is 54.6 Å². The monoisotopic (exact) mass is 418 g/mol. The Bertz CT molecular complexity index is 1190. The minimum absolute atomic E-state index is 0.384. The summed E-state index contributed by atoms with van der Waals surface area (Å²) in [6, 6.07) is 22.4. The SMILES string of the molecule is COc1ccc2nc(NC(=O)COC(=O)c3ccc(-c4ccccc4)cc3)sc2c1. The van der Waals surface area contributed by atoms with Crippen LogP contribution in [0.1, 0.15) is 10.4 Å². The van der Waals surface area contributed by atoms with Gasteiger partial charge in [0, 0.05) is 0 Å². The first-order valence-corrected chi connectivity index (χ1v) is 10.0. The summed E-state index contributed by atoms with van der Waals surface area (Å²) in [4.78, 5) is 28.7. The first-order valence-electron chi connectivity index (χ1n) is 9.19. The Morgan fingerprint density at radius 3 is 2.43 bits per heavy atom. The number of nitrogens with zero attached hydrogens (tertiary/aromatic N) is 1. The fourth-order valence-electron chi connectivity index (χ4n) is 2.88. The average Bonchev–Trinajstić information content (AvgIpc) is 3.19. The van der Waals surface area contributed by atoms with E-state index >= 15 is 0 Å². The summed E-state index contributed by atoms with van der Waals surface area (Å²) in [5.74, 6) is -0.287. The molecule has 0 spiro atoms. The normalized spacial score (nSPS) is 10.6. The molecule has 0 saturated carbocycles. The van der Waals surface area contributed by atoms with Crippen molar-refractivity contribution in [1.82, 2.24) is 4.98 Å². The molecular formula is C23H18N2O4S. The Morgan fingerprint density at radius 1 is 0.967 bits per heavy atom. The summed E-state index contributed by atoms with van der Waals surface area (Å²) in [5, 5.41) is 3.09. The molecule has 0 radical (unpaired) electrons. The first-order chi connectivity index (χ1) is 14.6. The summed E-state index contributed by atoms with van der Waals surface area (Å²) in [7, 11) is 1.59. The molecule has 4 aromatic rings. The van der Waals surface area contributed by atoms with Gasteiger partial charge in [-0.3, -0.25) is 10.1 Å². The number of aromatic nitrogens is 1. The van der Waals surface area contributed by atoms with E-state index in [0.29, 0.717) is 10.7 Å². The molecule has 0 aliphatic rings. The Morgan fingerprint density at radius 2 is 1.70 bits per heavy atom. The van der Waals surface area contributed by atoms with E-state index in [4.69, 9.17) is 9.47 Å². The highest BCUT2D eigenvalue weighted by Gasteiger charge is 2.13. The lowest BCUT2D eigenvalue weighted by Crippen LogP contribution is -2.20. The Labute approximate surface area is 177 Å². The summed E-state index contributed by atoms with van der Waals surface area (Å²) < 4.78 is 11.2. The fraction of sp³-hybridized carbons (Fsp3) is 0.0870. The van der Waals surface area contributed by atoms with Gasteiger partial charge >= 0.3 is 5.97 Å². The molecule has 6 nitrogen and oxygen atoms in total. The number of nitrogens with one attached hydrogen (secondary N) is 1. The van der Waals surface area contributed by atoms with E-state index in [2.05, 4.69) is 10.3 Å². The molecular weight excluding hydrogens is 400 g/mol. The third kappa shape index (κ3) is 4.47. The lowest BCUT2D eigenvalue weighted by atomic mass is 10.0. The molecule has 30 heavy (non-hydrogen) atoms. The van der Waals surface area contributed by atoms with Crippen molar-refractivity contribution in [3.63, 3.8) is 0 Å². The van der Waals surface area contributed by atoms with Crippen LogP contribution in [-0.4, -0.2) is 30.6 Å². The van der Waals surface area contributed by atoms with Crippen molar-refractivity contribution in [3.05, 3.63) is 78.4 Å². The van der Waals surface area contributed by atoms with Crippen LogP contribution in [0.3, 0.4) is 0 Å². The lowest BCUT2D eigenvalue weighted by Gasteiger charge is -2.06. The summed E-state index contributed by atoms with van der Waals surface area (Å²) in [6.07, 6.45) is 0. The van der Waals surface area contributed by atoms with Crippen LogP contribution in [0.15, 0.2) is 72.8 Å². The van der Waals surface area contributed by atoms with Crippen LogP contribution >= 0.6 is 11.3 Å². The molecule has 1 N–H and O–H groups in total. The number of esters is 1. The zero-order chi connectivity index (χ0) is 20.9. The lowest BCUT2D eigenvalue weighted by molar-refractivity contribution is -0.119. The minimum Gasteiger partial charge on any atom is -0.497 e. The molecule has 3 aromatic carbocycles. The number of hydrogen-bond acceptors (Lipinski definition) is 6. The van der Waals surface area contributed by atoms with Crippen LogP contribution in [0.2, 0.25) is 0 Å². The smallest absolute Gasteiger partial charge is 0.338 e. The van der Waals surface area contributed by atoms with E-state index < -0.39 is 18.5 Å². The number of rotatable bonds is 6. The highest BCUT2D eigenvalue weighted by atomic mass is 32.1. The Hall–Kier alpha value is -3.71. The van der Waals surface area contributed by atoms with Gasteiger partial charge in [-0.15, -0.1) is 0 Å². The maximum atomic E-state index is 12.2. The molecule has 0 bridgehead atoms. The average molecular weight is 418 g/mol. The quantitative estimate of drug-likeness (QED) is 0.457. The number of hydrogen-bond donors (Lipinski definition) is 1. The van der Waals surface area contributed by atoms with Crippen molar-refractivity contribution in [3.8, 4) is 16.9 Å². The predicted octanol–water partition coefficient (Wildman–Crippen LogP) is 4.77. The maximum absolute atomic E-state index is 12.2. The second kappa shape index (κ2) is 8.75. The van der Waals surface area contributed by atoms with Crippen LogP contribution in [0.4, 0.5) is 5.13 Å². The maximum Gasteiger partial charge on any atom is 0.338 e. The Kier molecular flexibility index (Phi) is 5.72. The van der Waals surface area contributed by atoms with Crippen LogP contribution in [0, 0.1) is 0 Å². The fourth-order valence-corrected chi connectivity index (χ4v) is 3.80. The van der Waals surface area contributed by atoms with Gasteiger partial charge in [0.05, 0.1) is 22.9 Å². The molecule has 1 heterocycles. The second-order valence-corrected chi connectivity index (χ2v) is 7.45. The van der Waals surface area contributed by atoms with Crippen molar-refractivity contribution in [1.29, 1.82) is 0 Å². The molecule has 1 aromatic heterocycles. The molecule has 4 rings (SSSR count). The van der Waals surface area contributed by atoms with Gasteiger partial charge < -0.3 is 9.47 Å². The van der Waals surface area contributed by atoms with Gasteiger partial charge in [-0.1, -0.05) is 53.8 Å². The van der Waals surface area contributed by atoms with Crippen LogP contribution in [0.25, 0.3) is 21.3 Å². The van der Waals surface area contributed by atoms with E-state index in [1.54, 1.807) is 25.3 Å². The van der Waals surface area contributed by atoms with Crippen LogP contribution in [0.5, 0.6) is 5.75 Å². The number of ether oxygens (including phenoxy) is 2. The largest absolute Gasteiger partial charge is 0.497 e. The number of carbonyl (C=O) groups excluding carboxylic acids is 2. The number of thiazole rings is 1. The Balaban J connectivity index is 1.34. The number of amides is 1. The topological polar surface area (TPSA) is 77.5 Å². The third-order valence-corrected chi connectivity index (χ3v) is 5.34. The zero-order valence-electron chi connectivity index (χ0n) is 16.1. The summed E-state index contributed by atoms with van der Waals surface area (Å²) >= 11 is 1.32. The van der Waals surface area contributed by atoms with Crippen molar-refractivity contribution in [2.75, 3.05) is 19.0 Å². The number of fused-ring (bicyclic) bond motifs is 1. The molecule has 1 amide bonds. The molecule has 7 heteroatoms. The number of anilines is 1. The highest BCUT2D eigenvalue weighted by Crippen LogP contribution is 2.29. The number of carbonyl (C=O) groups is 2. The van der Waals surface area contributed by atoms with Gasteiger partial charge in [0.15, 0.2) is 11.7 Å². The van der Waals surface area contributed by atoms with Gasteiger partial charge in [0.25, 0.3) is 5.91 Å². The third-order valence-electron chi connectivity index (χ3n) is 4.40. The highest BCUT2D eigenvalue weighted by molar-refractivity contribution is 7.22. The van der Waals surface area contributed by atoms with Gasteiger partial charge in [-0.2, -0.15) is 0 Å². The van der Waals surface area contributed by atoms with E-state index in [0.717, 1.165) is 27.1 Å². The number of benzene rings is 3. The molecule has 0 aliphatic heterocycles. The zero-order valence-corrected chi connectivity index (χ0v) is 16.9. The molecule has 0 aliphatic carbocycles. The first kappa shape index (κ1) is 19.6. The van der Waals surface area contributed by atoms with Crippen molar-refractivity contribution < 1.29 is 19.1 Å². The van der Waals surface area contributed by atoms with Gasteiger partial charge in [-0.25, -0.2) is 9.78 Å². The second-order valence-electron chi connectivity index (χ2n) is 6.42. The van der Waals surface area contributed by atoms with E-state index in [9.17, 15) is 9.59 Å². The molecule has 0 fully saturated rings. The van der Waals surface area contributed by atoms with Gasteiger partial charge in [0.2, 0.25) is 0 Å². The molecule has 0 atom stereocenters. The summed E-state index contributed by atoms with van der Waals surface area (Å²) in [5.41, 5.74) is 3.20. The molecule has 150 valence electrons. The standard InChI is InChI=1S/C23H18N2O4S/c1-28-18-11-12-19-20(13-18)30-23(24-19)25-21(26)14-29-22(27)17-9-7-16(8-10-17)15-5-3-2-4-6-15/h2-13H,14H2,1H3,(H,24,25,26). The predicted molar refractivity (Wildman–Crippen MR) is 117 cm³/mol. The minimum atomic E-state index is -0.557. The molecule has 0 saturated heterocycles. The van der Waals surface area contributed by atoms with Gasteiger partial charge in [-0.05, 0) is 41.5 Å².